The molecule has 1 spiro atoms. The topological polar surface area (TPSA) is 61.9 Å². The number of ether oxygens (including phenoxy) is 1. The molecule has 1 unspecified atom stereocenters. The normalized spacial score (nSPS) is 24.2. The highest BCUT2D eigenvalue weighted by atomic mass is 19.1. The van der Waals surface area contributed by atoms with Crippen molar-refractivity contribution in [1.29, 1.82) is 0 Å². The number of halogens is 1. The maximum absolute atomic E-state index is 13.7. The van der Waals surface area contributed by atoms with Gasteiger partial charge in [-0.2, -0.15) is 0 Å². The summed E-state index contributed by atoms with van der Waals surface area (Å²) in [6, 6.07) is 5.00. The minimum atomic E-state index is -0.751. The lowest BCUT2D eigenvalue weighted by atomic mass is 9.89. The van der Waals surface area contributed by atoms with E-state index in [1.807, 2.05) is 0 Å². The van der Waals surface area contributed by atoms with E-state index in [1.165, 1.54) is 31.0 Å². The Hall–Kier alpha value is -1.99. The van der Waals surface area contributed by atoms with E-state index in [9.17, 15) is 14.0 Å². The van der Waals surface area contributed by atoms with Crippen molar-refractivity contribution in [2.45, 2.75) is 56.7 Å². The molecule has 1 saturated carbocycles. The van der Waals surface area contributed by atoms with Crippen molar-refractivity contribution in [3.8, 4) is 0 Å². The van der Waals surface area contributed by atoms with E-state index < -0.39 is 17.6 Å². The smallest absolute Gasteiger partial charge is 0.256 e. The van der Waals surface area contributed by atoms with Crippen LogP contribution in [0.5, 0.6) is 0 Å². The summed E-state index contributed by atoms with van der Waals surface area (Å²) in [6.45, 7) is 3.73. The molecule has 0 radical (unpaired) electrons. The molecule has 3 aliphatic rings. The van der Waals surface area contributed by atoms with Gasteiger partial charge in [0.25, 0.3) is 5.91 Å². The average molecular weight is 403 g/mol. The van der Waals surface area contributed by atoms with Crippen molar-refractivity contribution in [2.75, 3.05) is 32.8 Å². The van der Waals surface area contributed by atoms with E-state index in [1.54, 1.807) is 11.0 Å². The van der Waals surface area contributed by atoms with Gasteiger partial charge in [-0.3, -0.25) is 14.5 Å². The third-order valence-corrected chi connectivity index (χ3v) is 6.41. The van der Waals surface area contributed by atoms with E-state index in [2.05, 4.69) is 10.2 Å². The molecule has 1 atom stereocenters. The van der Waals surface area contributed by atoms with Crippen LogP contribution in [0.3, 0.4) is 0 Å². The van der Waals surface area contributed by atoms with E-state index in [4.69, 9.17) is 4.74 Å². The molecule has 4 rings (SSSR count). The van der Waals surface area contributed by atoms with Crippen LogP contribution in [-0.2, 0) is 9.53 Å². The van der Waals surface area contributed by atoms with Gasteiger partial charge in [-0.25, -0.2) is 4.39 Å². The Balaban J connectivity index is 1.50. The summed E-state index contributed by atoms with van der Waals surface area (Å²) in [6.07, 6.45) is 6.86. The molecule has 1 N–H and O–H groups in total. The summed E-state index contributed by atoms with van der Waals surface area (Å²) in [5.74, 6) is -0.972. The van der Waals surface area contributed by atoms with Gasteiger partial charge in [0.05, 0.1) is 6.61 Å². The molecule has 29 heavy (non-hydrogen) atoms. The number of likely N-dealkylation sites (tertiary alicyclic amines) is 1. The zero-order valence-corrected chi connectivity index (χ0v) is 16.9. The molecule has 0 aromatic heterocycles. The fraction of sp³-hybridized carbons (Fsp3) is 0.636. The summed E-state index contributed by atoms with van der Waals surface area (Å²) in [5.41, 5.74) is -0.492. The highest BCUT2D eigenvalue weighted by molar-refractivity contribution is 5.98. The number of hydrogen-bond donors (Lipinski definition) is 1. The molecule has 0 bridgehead atoms. The third-order valence-electron chi connectivity index (χ3n) is 6.41. The van der Waals surface area contributed by atoms with Crippen LogP contribution < -0.4 is 5.32 Å². The van der Waals surface area contributed by atoms with Gasteiger partial charge in [0.15, 0.2) is 0 Å². The zero-order valence-electron chi connectivity index (χ0n) is 16.9. The van der Waals surface area contributed by atoms with Crippen LogP contribution in [0.4, 0.5) is 4.39 Å². The summed E-state index contributed by atoms with van der Waals surface area (Å²) < 4.78 is 19.9. The predicted octanol–water partition coefficient (Wildman–Crippen LogP) is 2.54. The Morgan fingerprint density at radius 3 is 2.62 bits per heavy atom. The molecule has 3 fully saturated rings. The molecular formula is C22H30FN3O3. The standard InChI is InChI=1S/C22H30FN3O3/c23-18-8-6-7-17(15-18)21(28)26-19(16-29-22(26)9-2-1-3-10-22)20(27)24-11-14-25-12-4-5-13-25/h6-8,15,19H,1-5,9-14,16H2,(H,24,27). The SMILES string of the molecule is O=C(NCCN1CCCC1)C1COC2(CCCCC2)N1C(=O)c1cccc(F)c1. The Morgan fingerprint density at radius 1 is 1.14 bits per heavy atom. The van der Waals surface area contributed by atoms with Crippen LogP contribution in [0, 0.1) is 5.82 Å². The molecule has 1 aliphatic carbocycles. The van der Waals surface area contributed by atoms with Gasteiger partial charge in [-0.1, -0.05) is 12.5 Å². The quantitative estimate of drug-likeness (QED) is 0.821. The van der Waals surface area contributed by atoms with E-state index in [0.29, 0.717) is 19.4 Å². The molecule has 2 amide bonds. The molecule has 2 saturated heterocycles. The van der Waals surface area contributed by atoms with E-state index >= 15 is 0 Å². The van der Waals surface area contributed by atoms with Crippen LogP contribution in [0.1, 0.15) is 55.3 Å². The summed E-state index contributed by atoms with van der Waals surface area (Å²) >= 11 is 0. The predicted molar refractivity (Wildman–Crippen MR) is 107 cm³/mol. The number of carbonyl (C=O) groups excluding carboxylic acids is 2. The molecule has 2 heterocycles. The van der Waals surface area contributed by atoms with Crippen LogP contribution in [-0.4, -0.2) is 66.2 Å². The minimum absolute atomic E-state index is 0.184. The highest BCUT2D eigenvalue weighted by Gasteiger charge is 2.52. The monoisotopic (exact) mass is 403 g/mol. The Labute approximate surface area is 171 Å². The maximum atomic E-state index is 13.7. The first-order chi connectivity index (χ1) is 14.1. The fourth-order valence-corrected chi connectivity index (χ4v) is 4.89. The third kappa shape index (κ3) is 4.31. The number of benzene rings is 1. The van der Waals surface area contributed by atoms with Gasteiger partial charge in [-0.05, 0) is 69.8 Å². The van der Waals surface area contributed by atoms with Crippen LogP contribution in [0.2, 0.25) is 0 Å². The van der Waals surface area contributed by atoms with Gasteiger partial charge in [-0.15, -0.1) is 0 Å². The first-order valence-corrected chi connectivity index (χ1v) is 10.8. The summed E-state index contributed by atoms with van der Waals surface area (Å²) in [4.78, 5) is 30.3. The number of carbonyl (C=O) groups is 2. The van der Waals surface area contributed by atoms with Gasteiger partial charge >= 0.3 is 0 Å². The van der Waals surface area contributed by atoms with Gasteiger partial charge < -0.3 is 15.0 Å². The molecule has 6 nitrogen and oxygen atoms in total. The number of nitrogens with zero attached hydrogens (tertiary/aromatic N) is 2. The first-order valence-electron chi connectivity index (χ1n) is 10.8. The minimum Gasteiger partial charge on any atom is -0.353 e. The number of nitrogens with one attached hydrogen (secondary N) is 1. The van der Waals surface area contributed by atoms with Crippen molar-refractivity contribution in [1.82, 2.24) is 15.1 Å². The second-order valence-electron chi connectivity index (χ2n) is 8.36. The van der Waals surface area contributed by atoms with Gasteiger partial charge in [0.1, 0.15) is 17.6 Å². The Bertz CT molecular complexity index is 745. The van der Waals surface area contributed by atoms with Crippen molar-refractivity contribution in [3.05, 3.63) is 35.6 Å². The largest absolute Gasteiger partial charge is 0.353 e. The van der Waals surface area contributed by atoms with Gasteiger partial charge in [0.2, 0.25) is 5.91 Å². The zero-order chi connectivity index (χ0) is 20.3. The van der Waals surface area contributed by atoms with Crippen LogP contribution in [0.15, 0.2) is 24.3 Å². The Kier molecular flexibility index (Phi) is 6.15. The maximum Gasteiger partial charge on any atom is 0.256 e. The molecule has 2 aliphatic heterocycles. The van der Waals surface area contributed by atoms with Crippen molar-refractivity contribution >= 4 is 11.8 Å². The average Bonchev–Trinajstić information content (AvgIpc) is 3.36. The van der Waals surface area contributed by atoms with Crippen LogP contribution in [0.25, 0.3) is 0 Å². The molecular weight excluding hydrogens is 373 g/mol. The molecule has 1 aromatic rings. The van der Waals surface area contributed by atoms with Crippen molar-refractivity contribution in [2.24, 2.45) is 0 Å². The van der Waals surface area contributed by atoms with Crippen LogP contribution >= 0.6 is 0 Å². The lowest BCUT2D eigenvalue weighted by Crippen LogP contribution is -2.56. The summed E-state index contributed by atoms with van der Waals surface area (Å²) in [7, 11) is 0. The summed E-state index contributed by atoms with van der Waals surface area (Å²) in [5, 5.41) is 2.99. The number of rotatable bonds is 5. The lowest BCUT2D eigenvalue weighted by Gasteiger charge is -2.41. The van der Waals surface area contributed by atoms with Crippen molar-refractivity contribution in [3.63, 3.8) is 0 Å². The second kappa shape index (κ2) is 8.79. The van der Waals surface area contributed by atoms with E-state index in [0.717, 1.165) is 38.9 Å². The van der Waals surface area contributed by atoms with Gasteiger partial charge in [0, 0.05) is 18.7 Å². The second-order valence-corrected chi connectivity index (χ2v) is 8.36. The molecule has 7 heteroatoms. The van der Waals surface area contributed by atoms with E-state index in [-0.39, 0.29) is 24.0 Å². The fourth-order valence-electron chi connectivity index (χ4n) is 4.89. The lowest BCUT2D eigenvalue weighted by molar-refractivity contribution is -0.127. The molecule has 158 valence electrons. The van der Waals surface area contributed by atoms with Crippen molar-refractivity contribution < 1.29 is 18.7 Å². The number of hydrogen-bond acceptors (Lipinski definition) is 4. The Morgan fingerprint density at radius 2 is 1.90 bits per heavy atom. The highest BCUT2D eigenvalue weighted by Crippen LogP contribution is 2.41. The number of amides is 2. The first kappa shape index (κ1) is 20.3. The molecule has 1 aromatic carbocycles.